The summed E-state index contributed by atoms with van der Waals surface area (Å²) in [6, 6.07) is 14.6. The normalized spacial score (nSPS) is 11.8. The van der Waals surface area contributed by atoms with E-state index in [2.05, 4.69) is 0 Å². The van der Waals surface area contributed by atoms with E-state index >= 15 is 0 Å². The third-order valence-corrected chi connectivity index (χ3v) is 5.17. The van der Waals surface area contributed by atoms with Crippen LogP contribution in [0, 0.1) is 6.92 Å². The van der Waals surface area contributed by atoms with Gasteiger partial charge in [-0.1, -0.05) is 42.0 Å². The van der Waals surface area contributed by atoms with Gasteiger partial charge in [-0.3, -0.25) is 0 Å². The van der Waals surface area contributed by atoms with Gasteiger partial charge in [0.2, 0.25) is 10.0 Å². The van der Waals surface area contributed by atoms with Gasteiger partial charge >= 0.3 is 0 Å². The molecule has 0 spiro atoms. The third-order valence-electron chi connectivity index (χ3n) is 3.37. The molecule has 0 unspecified atom stereocenters. The Kier molecular flexibility index (Phi) is 4.77. The van der Waals surface area contributed by atoms with Crippen LogP contribution in [-0.4, -0.2) is 19.8 Å². The summed E-state index contributed by atoms with van der Waals surface area (Å²) < 4.78 is 26.5. The van der Waals surface area contributed by atoms with Gasteiger partial charge in [-0.25, -0.2) is 8.42 Å². The van der Waals surface area contributed by atoms with Crippen LogP contribution in [0.3, 0.4) is 0 Å². The number of benzene rings is 2. The van der Waals surface area contributed by atoms with Gasteiger partial charge in [-0.15, -0.1) is 0 Å². The van der Waals surface area contributed by atoms with Crippen LogP contribution in [0.5, 0.6) is 0 Å². The molecule has 4 nitrogen and oxygen atoms in total. The Morgan fingerprint density at radius 2 is 1.71 bits per heavy atom. The van der Waals surface area contributed by atoms with Crippen LogP contribution >= 0.6 is 0 Å². The van der Waals surface area contributed by atoms with E-state index in [0.717, 1.165) is 16.7 Å². The lowest BCUT2D eigenvalue weighted by atomic mass is 10.1. The van der Waals surface area contributed by atoms with E-state index in [1.54, 1.807) is 25.2 Å². The van der Waals surface area contributed by atoms with Gasteiger partial charge in [-0.05, 0) is 30.2 Å². The number of nitrogens with two attached hydrogens (primary N) is 1. The molecule has 0 saturated carbocycles. The van der Waals surface area contributed by atoms with Crippen LogP contribution in [0.4, 0.5) is 0 Å². The number of aryl methyl sites for hydroxylation is 1. The fourth-order valence-corrected chi connectivity index (χ4v) is 3.28. The summed E-state index contributed by atoms with van der Waals surface area (Å²) in [7, 11) is -1.91. The van der Waals surface area contributed by atoms with Gasteiger partial charge in [0, 0.05) is 20.1 Å². The maximum Gasteiger partial charge on any atom is 0.243 e. The molecule has 21 heavy (non-hydrogen) atoms. The van der Waals surface area contributed by atoms with Gasteiger partial charge in [-0.2, -0.15) is 4.31 Å². The van der Waals surface area contributed by atoms with E-state index in [1.165, 1.54) is 4.31 Å². The molecule has 0 aliphatic rings. The molecule has 0 radical (unpaired) electrons. The molecule has 2 aromatic rings. The van der Waals surface area contributed by atoms with Crippen molar-refractivity contribution in [3.63, 3.8) is 0 Å². The first kappa shape index (κ1) is 15.7. The molecule has 0 saturated heterocycles. The summed E-state index contributed by atoms with van der Waals surface area (Å²) in [5.41, 5.74) is 8.49. The summed E-state index contributed by atoms with van der Waals surface area (Å²) in [6.45, 7) is 2.67. The van der Waals surface area contributed by atoms with Crippen molar-refractivity contribution in [1.82, 2.24) is 4.31 Å². The summed E-state index contributed by atoms with van der Waals surface area (Å²) in [6.07, 6.45) is 0. The topological polar surface area (TPSA) is 63.4 Å². The molecule has 0 amide bonds. The van der Waals surface area contributed by atoms with Crippen LogP contribution in [-0.2, 0) is 23.1 Å². The zero-order valence-corrected chi connectivity index (χ0v) is 13.1. The molecular formula is C16H20N2O2S. The highest BCUT2D eigenvalue weighted by Crippen LogP contribution is 2.18. The van der Waals surface area contributed by atoms with Crippen molar-refractivity contribution in [2.75, 3.05) is 7.05 Å². The lowest BCUT2D eigenvalue weighted by Gasteiger charge is -2.18. The van der Waals surface area contributed by atoms with E-state index in [4.69, 9.17) is 5.73 Å². The minimum absolute atomic E-state index is 0.278. The highest BCUT2D eigenvalue weighted by Gasteiger charge is 2.20. The smallest absolute Gasteiger partial charge is 0.243 e. The van der Waals surface area contributed by atoms with Crippen LogP contribution in [0.15, 0.2) is 53.4 Å². The van der Waals surface area contributed by atoms with E-state index in [0.29, 0.717) is 13.1 Å². The highest BCUT2D eigenvalue weighted by molar-refractivity contribution is 7.89. The maximum atomic E-state index is 12.6. The van der Waals surface area contributed by atoms with Crippen molar-refractivity contribution >= 4 is 10.0 Å². The van der Waals surface area contributed by atoms with Gasteiger partial charge in [0.15, 0.2) is 0 Å². The van der Waals surface area contributed by atoms with Crippen molar-refractivity contribution < 1.29 is 8.42 Å². The Bertz CT molecular complexity index is 709. The first-order chi connectivity index (χ1) is 9.93. The van der Waals surface area contributed by atoms with E-state index in [9.17, 15) is 8.42 Å². The van der Waals surface area contributed by atoms with Crippen molar-refractivity contribution in [3.8, 4) is 0 Å². The summed E-state index contributed by atoms with van der Waals surface area (Å²) in [5, 5.41) is 0. The Morgan fingerprint density at radius 1 is 1.05 bits per heavy atom. The zero-order valence-electron chi connectivity index (χ0n) is 12.3. The molecule has 5 heteroatoms. The van der Waals surface area contributed by atoms with Gasteiger partial charge in [0.1, 0.15) is 0 Å². The Morgan fingerprint density at radius 3 is 2.33 bits per heavy atom. The molecule has 0 aromatic heterocycles. The molecule has 0 fully saturated rings. The average molecular weight is 304 g/mol. The predicted molar refractivity (Wildman–Crippen MR) is 84.2 cm³/mol. The second-order valence-electron chi connectivity index (χ2n) is 5.10. The lowest BCUT2D eigenvalue weighted by molar-refractivity contribution is 0.466. The SMILES string of the molecule is Cc1ccc(CN(C)S(=O)(=O)c2cccc(CN)c2)cc1. The molecule has 2 rings (SSSR count). The fourth-order valence-electron chi connectivity index (χ4n) is 2.05. The van der Waals surface area contributed by atoms with Crippen LogP contribution in [0.25, 0.3) is 0 Å². The molecule has 0 aliphatic heterocycles. The molecule has 0 bridgehead atoms. The van der Waals surface area contributed by atoms with E-state index < -0.39 is 10.0 Å². The summed E-state index contributed by atoms with van der Waals surface area (Å²) in [5.74, 6) is 0. The third kappa shape index (κ3) is 3.69. The van der Waals surface area contributed by atoms with Crippen LogP contribution in [0.2, 0.25) is 0 Å². The van der Waals surface area contributed by atoms with Gasteiger partial charge < -0.3 is 5.73 Å². The number of sulfonamides is 1. The fraction of sp³-hybridized carbons (Fsp3) is 0.250. The minimum atomic E-state index is -3.50. The monoisotopic (exact) mass is 304 g/mol. The Balaban J connectivity index is 2.23. The lowest BCUT2D eigenvalue weighted by Crippen LogP contribution is -2.26. The van der Waals surface area contributed by atoms with E-state index in [1.807, 2.05) is 37.3 Å². The maximum absolute atomic E-state index is 12.6. The molecule has 2 aromatic carbocycles. The molecule has 2 N–H and O–H groups in total. The summed E-state index contributed by atoms with van der Waals surface area (Å²) >= 11 is 0. The van der Waals surface area contributed by atoms with Crippen molar-refractivity contribution in [2.45, 2.75) is 24.9 Å². The zero-order chi connectivity index (χ0) is 15.5. The van der Waals surface area contributed by atoms with Gasteiger partial charge in [0.25, 0.3) is 0 Å². The molecule has 0 heterocycles. The number of rotatable bonds is 5. The van der Waals surface area contributed by atoms with Crippen LogP contribution in [0.1, 0.15) is 16.7 Å². The number of hydrogen-bond acceptors (Lipinski definition) is 3. The van der Waals surface area contributed by atoms with Crippen molar-refractivity contribution in [3.05, 3.63) is 65.2 Å². The second kappa shape index (κ2) is 6.39. The standard InChI is InChI=1S/C16H20N2O2S/c1-13-6-8-14(9-7-13)12-18(2)21(19,20)16-5-3-4-15(10-16)11-17/h3-10H,11-12,17H2,1-2H3. The predicted octanol–water partition coefficient (Wildman–Crippen LogP) is 2.27. The number of nitrogens with zero attached hydrogens (tertiary/aromatic N) is 1. The highest BCUT2D eigenvalue weighted by atomic mass is 32.2. The molecule has 0 aliphatic carbocycles. The Hall–Kier alpha value is -1.69. The van der Waals surface area contributed by atoms with Crippen LogP contribution < -0.4 is 5.73 Å². The summed E-state index contributed by atoms with van der Waals surface area (Å²) in [4.78, 5) is 0.278. The van der Waals surface area contributed by atoms with E-state index in [-0.39, 0.29) is 4.90 Å². The Labute approximate surface area is 126 Å². The minimum Gasteiger partial charge on any atom is -0.326 e. The second-order valence-corrected chi connectivity index (χ2v) is 7.14. The molecular weight excluding hydrogens is 284 g/mol. The number of hydrogen-bond donors (Lipinski definition) is 1. The van der Waals surface area contributed by atoms with Crippen molar-refractivity contribution in [1.29, 1.82) is 0 Å². The first-order valence-corrected chi connectivity index (χ1v) is 8.18. The van der Waals surface area contributed by atoms with Gasteiger partial charge in [0.05, 0.1) is 4.90 Å². The molecule has 0 atom stereocenters. The first-order valence-electron chi connectivity index (χ1n) is 6.74. The molecule has 112 valence electrons. The average Bonchev–Trinajstić information content (AvgIpc) is 2.49. The largest absolute Gasteiger partial charge is 0.326 e. The van der Waals surface area contributed by atoms with Crippen molar-refractivity contribution in [2.24, 2.45) is 5.73 Å². The quantitative estimate of drug-likeness (QED) is 0.921.